The van der Waals surface area contributed by atoms with Crippen LogP contribution in [0.15, 0.2) is 35.8 Å². The molecule has 7 nitrogen and oxygen atoms in total. The van der Waals surface area contributed by atoms with Gasteiger partial charge in [-0.3, -0.25) is 0 Å². The molecule has 1 fully saturated rings. The molecule has 2 aromatic rings. The Kier molecular flexibility index (Phi) is 6.83. The molecule has 1 saturated heterocycles. The van der Waals surface area contributed by atoms with Gasteiger partial charge in [0.15, 0.2) is 0 Å². The van der Waals surface area contributed by atoms with Crippen molar-refractivity contribution in [1.82, 2.24) is 15.1 Å². The summed E-state index contributed by atoms with van der Waals surface area (Å²) in [5.74, 6) is 0. The van der Waals surface area contributed by atoms with Crippen LogP contribution in [0.2, 0.25) is 0 Å². The van der Waals surface area contributed by atoms with E-state index in [-0.39, 0.29) is 6.54 Å². The molecule has 2 heterocycles. The number of rotatable bonds is 5. The summed E-state index contributed by atoms with van der Waals surface area (Å²) in [6.45, 7) is 17.8. The molecule has 3 rings (SSSR count). The van der Waals surface area contributed by atoms with Gasteiger partial charge in [0.25, 0.3) is 0 Å². The summed E-state index contributed by atoms with van der Waals surface area (Å²) < 4.78 is 19.9. The average molecular weight is 453 g/mol. The topological polar surface area (TPSA) is 74.6 Å². The average Bonchev–Trinajstić information content (AvgIpc) is 3.11. The van der Waals surface area contributed by atoms with Crippen molar-refractivity contribution in [2.75, 3.05) is 6.54 Å². The highest BCUT2D eigenvalue weighted by Crippen LogP contribution is 2.38. The number of nitrogens with one attached hydrogen (secondary N) is 1. The number of hydrogen-bond donors (Lipinski definition) is 1. The number of aryl methyl sites for hydroxylation is 2. The van der Waals surface area contributed by atoms with Crippen LogP contribution in [-0.2, 0) is 14.0 Å². The number of ether oxygens (including phenoxy) is 1. The van der Waals surface area contributed by atoms with Gasteiger partial charge in [0.2, 0.25) is 0 Å². The minimum Gasteiger partial charge on any atom is -0.444 e. The Hall–Kier alpha value is -2.58. The number of amides is 1. The zero-order valence-corrected chi connectivity index (χ0v) is 21.3. The summed E-state index contributed by atoms with van der Waals surface area (Å²) in [5.41, 5.74) is 3.18. The maximum atomic E-state index is 12.3. The van der Waals surface area contributed by atoms with Crippen LogP contribution in [0.3, 0.4) is 0 Å². The Morgan fingerprint density at radius 2 is 1.79 bits per heavy atom. The van der Waals surface area contributed by atoms with Gasteiger partial charge in [-0.15, -0.1) is 0 Å². The van der Waals surface area contributed by atoms with Gasteiger partial charge < -0.3 is 19.4 Å². The van der Waals surface area contributed by atoms with Gasteiger partial charge in [-0.05, 0) is 91.5 Å². The van der Waals surface area contributed by atoms with Crippen LogP contribution >= 0.6 is 0 Å². The molecule has 0 bridgehead atoms. The number of benzene rings is 1. The maximum absolute atomic E-state index is 12.3. The molecular weight excluding hydrogens is 417 g/mol. The Morgan fingerprint density at radius 1 is 1.15 bits per heavy atom. The van der Waals surface area contributed by atoms with Crippen molar-refractivity contribution in [2.45, 2.75) is 79.1 Å². The predicted molar refractivity (Wildman–Crippen MR) is 131 cm³/mol. The van der Waals surface area contributed by atoms with Crippen molar-refractivity contribution in [1.29, 1.82) is 0 Å². The van der Waals surface area contributed by atoms with Crippen molar-refractivity contribution in [3.8, 4) is 5.69 Å². The van der Waals surface area contributed by atoms with Crippen molar-refractivity contribution in [3.63, 3.8) is 0 Å². The number of alkyl carbamates (subject to hydrolysis) is 1. The van der Waals surface area contributed by atoms with Crippen LogP contribution in [0, 0.1) is 13.8 Å². The van der Waals surface area contributed by atoms with E-state index in [1.807, 2.05) is 97.3 Å². The minimum atomic E-state index is -0.595. The molecule has 1 amide bonds. The van der Waals surface area contributed by atoms with E-state index in [0.717, 1.165) is 28.1 Å². The van der Waals surface area contributed by atoms with E-state index in [1.54, 1.807) is 0 Å². The van der Waals surface area contributed by atoms with E-state index in [0.29, 0.717) is 0 Å². The number of carbonyl (C=O) groups excluding carboxylic acids is 1. The summed E-state index contributed by atoms with van der Waals surface area (Å²) in [6, 6.07) is 10.1. The lowest BCUT2D eigenvalue weighted by Gasteiger charge is -2.32. The molecule has 0 aliphatic carbocycles. The fourth-order valence-corrected chi connectivity index (χ4v) is 3.54. The molecule has 0 unspecified atom stereocenters. The molecule has 0 saturated carbocycles. The second-order valence-corrected chi connectivity index (χ2v) is 10.6. The summed E-state index contributed by atoms with van der Waals surface area (Å²) >= 11 is 0. The highest BCUT2D eigenvalue weighted by atomic mass is 16.7. The van der Waals surface area contributed by atoms with Crippen LogP contribution in [0.4, 0.5) is 4.79 Å². The standard InChI is InChI=1S/C25H36BN3O4/c1-17-13-18(2)29(28-17)21-12-10-11-19(15-21)14-20(16-27-22(30)31-23(3,4)5)26-32-24(6,7)25(8,9)33-26/h10-15H,16H2,1-9H3,(H,27,30). The van der Waals surface area contributed by atoms with Crippen LogP contribution in [0.25, 0.3) is 11.8 Å². The van der Waals surface area contributed by atoms with Crippen LogP contribution in [0.5, 0.6) is 0 Å². The van der Waals surface area contributed by atoms with Gasteiger partial charge in [-0.25, -0.2) is 9.48 Å². The lowest BCUT2D eigenvalue weighted by molar-refractivity contribution is 0.00578. The Labute approximate surface area is 197 Å². The smallest absolute Gasteiger partial charge is 0.444 e. The van der Waals surface area contributed by atoms with Gasteiger partial charge >= 0.3 is 13.2 Å². The number of carbonyl (C=O) groups is 1. The van der Waals surface area contributed by atoms with Gasteiger partial charge in [-0.2, -0.15) is 5.10 Å². The SMILES string of the molecule is Cc1cc(C)n(-c2cccc(C=C(CNC(=O)OC(C)(C)C)B3OC(C)(C)C(C)(C)O3)c2)n1. The first-order valence-electron chi connectivity index (χ1n) is 11.3. The predicted octanol–water partition coefficient (Wildman–Crippen LogP) is 5.03. The van der Waals surface area contributed by atoms with E-state index in [4.69, 9.17) is 14.0 Å². The lowest BCUT2D eigenvalue weighted by Crippen LogP contribution is -2.41. The van der Waals surface area contributed by atoms with E-state index < -0.39 is 30.0 Å². The van der Waals surface area contributed by atoms with Gasteiger partial charge in [-0.1, -0.05) is 18.2 Å². The van der Waals surface area contributed by atoms with E-state index in [9.17, 15) is 4.79 Å². The molecule has 1 N–H and O–H groups in total. The van der Waals surface area contributed by atoms with Gasteiger partial charge in [0.1, 0.15) is 5.60 Å². The molecule has 0 spiro atoms. The highest BCUT2D eigenvalue weighted by molar-refractivity contribution is 6.56. The number of hydrogen-bond acceptors (Lipinski definition) is 5. The number of nitrogens with zero attached hydrogens (tertiary/aromatic N) is 2. The Morgan fingerprint density at radius 3 is 2.33 bits per heavy atom. The van der Waals surface area contributed by atoms with Gasteiger partial charge in [0, 0.05) is 12.2 Å². The fraction of sp³-hybridized carbons (Fsp3) is 0.520. The third kappa shape index (κ3) is 6.06. The monoisotopic (exact) mass is 453 g/mol. The van der Waals surface area contributed by atoms with E-state index in [2.05, 4.69) is 16.5 Å². The van der Waals surface area contributed by atoms with E-state index >= 15 is 0 Å². The highest BCUT2D eigenvalue weighted by Gasteiger charge is 2.52. The molecule has 0 atom stereocenters. The molecule has 1 aliphatic rings. The van der Waals surface area contributed by atoms with Crippen molar-refractivity contribution < 1.29 is 18.8 Å². The normalized spacial score (nSPS) is 17.8. The third-order valence-corrected chi connectivity index (χ3v) is 5.87. The van der Waals surface area contributed by atoms with Gasteiger partial charge in [0.05, 0.1) is 22.6 Å². The number of aromatic nitrogens is 2. The zero-order chi connectivity index (χ0) is 24.6. The quantitative estimate of drug-likeness (QED) is 0.643. The van der Waals surface area contributed by atoms with E-state index in [1.165, 1.54) is 0 Å². The molecular formula is C25H36BN3O4. The van der Waals surface area contributed by atoms with Crippen molar-refractivity contribution in [2.24, 2.45) is 0 Å². The summed E-state index contributed by atoms with van der Waals surface area (Å²) in [6.07, 6.45) is 1.51. The van der Waals surface area contributed by atoms with Crippen molar-refractivity contribution >= 4 is 19.3 Å². The Balaban J connectivity index is 1.91. The van der Waals surface area contributed by atoms with Crippen LogP contribution < -0.4 is 5.32 Å². The van der Waals surface area contributed by atoms with Crippen molar-refractivity contribution in [3.05, 3.63) is 52.8 Å². The fourth-order valence-electron chi connectivity index (χ4n) is 3.54. The minimum absolute atomic E-state index is 0.232. The second kappa shape index (κ2) is 8.99. The summed E-state index contributed by atoms with van der Waals surface area (Å²) in [4.78, 5) is 12.3. The third-order valence-electron chi connectivity index (χ3n) is 5.87. The first kappa shape index (κ1) is 25.1. The maximum Gasteiger partial charge on any atom is 0.492 e. The summed E-state index contributed by atoms with van der Waals surface area (Å²) in [5, 5.41) is 7.43. The lowest BCUT2D eigenvalue weighted by atomic mass is 9.77. The second-order valence-electron chi connectivity index (χ2n) is 10.6. The molecule has 1 aromatic carbocycles. The Bertz CT molecular complexity index is 1030. The first-order chi connectivity index (χ1) is 15.2. The zero-order valence-electron chi connectivity index (χ0n) is 21.3. The molecule has 1 aromatic heterocycles. The molecule has 178 valence electrons. The molecule has 33 heavy (non-hydrogen) atoms. The molecule has 1 aliphatic heterocycles. The van der Waals surface area contributed by atoms with Crippen LogP contribution in [0.1, 0.15) is 65.4 Å². The summed E-state index contributed by atoms with van der Waals surface area (Å²) in [7, 11) is -0.595. The molecule has 8 heteroatoms. The largest absolute Gasteiger partial charge is 0.492 e. The van der Waals surface area contributed by atoms with Crippen LogP contribution in [-0.4, -0.2) is 46.3 Å². The first-order valence-corrected chi connectivity index (χ1v) is 11.3. The molecule has 0 radical (unpaired) electrons.